The van der Waals surface area contributed by atoms with Crippen molar-refractivity contribution in [2.45, 2.75) is 24.8 Å². The van der Waals surface area contributed by atoms with E-state index in [-0.39, 0.29) is 11.5 Å². The second kappa shape index (κ2) is 6.14. The van der Waals surface area contributed by atoms with Crippen molar-refractivity contribution in [3.05, 3.63) is 89.0 Å². The van der Waals surface area contributed by atoms with E-state index in [9.17, 15) is 8.42 Å². The predicted octanol–water partition coefficient (Wildman–Crippen LogP) is 4.47. The van der Waals surface area contributed by atoms with Gasteiger partial charge in [-0.1, -0.05) is 60.2 Å². The molecule has 0 spiro atoms. The monoisotopic (exact) mass is 350 g/mol. The Hall–Kier alpha value is -2.43. The number of benzene rings is 3. The van der Waals surface area contributed by atoms with Crippen LogP contribution < -0.4 is 0 Å². The summed E-state index contributed by atoms with van der Waals surface area (Å²) in [4.78, 5) is 0.189. The fraction of sp³-hybridized carbons (Fsp3) is 0.143. The number of aryl methyl sites for hydroxylation is 1. The molecule has 0 saturated carbocycles. The second-order valence-electron chi connectivity index (χ2n) is 6.31. The van der Waals surface area contributed by atoms with Gasteiger partial charge < -0.3 is 0 Å². The molecular weight excluding hydrogens is 332 g/mol. The van der Waals surface area contributed by atoms with Crippen LogP contribution >= 0.6 is 0 Å². The van der Waals surface area contributed by atoms with Crippen molar-refractivity contribution in [2.24, 2.45) is 0 Å². The first-order chi connectivity index (χ1) is 12.0. The highest BCUT2D eigenvalue weighted by molar-refractivity contribution is 7.86. The first kappa shape index (κ1) is 16.1. The average molecular weight is 350 g/mol. The number of fused-ring (bicyclic) bond motifs is 3. The maximum atomic E-state index is 12.4. The lowest BCUT2D eigenvalue weighted by Crippen LogP contribution is -2.07. The van der Waals surface area contributed by atoms with Gasteiger partial charge in [0.05, 0.1) is 11.5 Å². The Morgan fingerprint density at radius 2 is 1.60 bits per heavy atom. The summed E-state index contributed by atoms with van der Waals surface area (Å²) in [5, 5.41) is 0. The molecule has 3 aromatic rings. The van der Waals surface area contributed by atoms with Crippen LogP contribution in [0.2, 0.25) is 0 Å². The van der Waals surface area contributed by atoms with E-state index >= 15 is 0 Å². The molecule has 0 fully saturated rings. The zero-order chi connectivity index (χ0) is 17.4. The molecule has 1 aliphatic rings. The van der Waals surface area contributed by atoms with E-state index in [1.54, 1.807) is 24.3 Å². The van der Waals surface area contributed by atoms with Gasteiger partial charge in [0.25, 0.3) is 10.1 Å². The van der Waals surface area contributed by atoms with E-state index in [0.29, 0.717) is 0 Å². The molecule has 25 heavy (non-hydrogen) atoms. The average Bonchev–Trinajstić information content (AvgIpc) is 3.00. The van der Waals surface area contributed by atoms with Gasteiger partial charge >= 0.3 is 0 Å². The molecule has 3 aromatic carbocycles. The van der Waals surface area contributed by atoms with Crippen LogP contribution in [-0.4, -0.2) is 8.42 Å². The topological polar surface area (TPSA) is 43.4 Å². The summed E-state index contributed by atoms with van der Waals surface area (Å²) in [5.74, 6) is 0. The normalized spacial score (nSPS) is 12.7. The van der Waals surface area contributed by atoms with E-state index < -0.39 is 10.1 Å². The molecule has 0 radical (unpaired) electrons. The highest BCUT2D eigenvalue weighted by Crippen LogP contribution is 2.38. The minimum atomic E-state index is -3.76. The molecule has 0 bridgehead atoms. The van der Waals surface area contributed by atoms with Crippen LogP contribution in [0.1, 0.15) is 22.3 Å². The van der Waals surface area contributed by atoms with Crippen molar-refractivity contribution in [1.29, 1.82) is 0 Å². The van der Waals surface area contributed by atoms with Gasteiger partial charge in [-0.2, -0.15) is 8.42 Å². The lowest BCUT2D eigenvalue weighted by Gasteiger charge is -2.10. The van der Waals surface area contributed by atoms with Crippen LogP contribution in [0.25, 0.3) is 11.1 Å². The highest BCUT2D eigenvalue weighted by Gasteiger charge is 2.22. The van der Waals surface area contributed by atoms with Gasteiger partial charge in [-0.15, -0.1) is 0 Å². The Labute approximate surface area is 148 Å². The quantitative estimate of drug-likeness (QED) is 0.510. The third kappa shape index (κ3) is 2.99. The van der Waals surface area contributed by atoms with Gasteiger partial charge in [-0.05, 0) is 53.3 Å². The zero-order valence-electron chi connectivity index (χ0n) is 13.9. The van der Waals surface area contributed by atoms with Gasteiger partial charge in [0.2, 0.25) is 0 Å². The maximum Gasteiger partial charge on any atom is 0.297 e. The van der Waals surface area contributed by atoms with Crippen LogP contribution in [0.4, 0.5) is 0 Å². The third-order valence-corrected chi connectivity index (χ3v) is 5.90. The summed E-state index contributed by atoms with van der Waals surface area (Å²) in [7, 11) is -3.76. The van der Waals surface area contributed by atoms with Crippen molar-refractivity contribution < 1.29 is 12.6 Å². The summed E-state index contributed by atoms with van der Waals surface area (Å²) in [6, 6.07) is 21.0. The first-order valence-corrected chi connectivity index (χ1v) is 9.60. The van der Waals surface area contributed by atoms with Gasteiger partial charge in [0, 0.05) is 0 Å². The molecule has 126 valence electrons. The number of rotatable bonds is 4. The van der Waals surface area contributed by atoms with Crippen LogP contribution in [0, 0.1) is 6.92 Å². The Balaban J connectivity index is 1.60. The lowest BCUT2D eigenvalue weighted by molar-refractivity contribution is 0.307. The fourth-order valence-electron chi connectivity index (χ4n) is 3.27. The van der Waals surface area contributed by atoms with Crippen molar-refractivity contribution in [3.8, 4) is 11.1 Å². The Morgan fingerprint density at radius 3 is 2.40 bits per heavy atom. The summed E-state index contributed by atoms with van der Waals surface area (Å²) < 4.78 is 30.2. The maximum absolute atomic E-state index is 12.4. The van der Waals surface area contributed by atoms with Crippen LogP contribution in [-0.2, 0) is 27.3 Å². The smallest absolute Gasteiger partial charge is 0.262 e. The van der Waals surface area contributed by atoms with Crippen molar-refractivity contribution in [3.63, 3.8) is 0 Å². The van der Waals surface area contributed by atoms with Gasteiger partial charge in [-0.3, -0.25) is 4.18 Å². The molecule has 0 heterocycles. The molecule has 1 aliphatic carbocycles. The Morgan fingerprint density at radius 1 is 0.880 bits per heavy atom. The van der Waals surface area contributed by atoms with E-state index in [0.717, 1.165) is 23.1 Å². The van der Waals surface area contributed by atoms with E-state index in [1.165, 1.54) is 16.7 Å². The first-order valence-electron chi connectivity index (χ1n) is 8.20. The molecule has 4 rings (SSSR count). The highest BCUT2D eigenvalue weighted by atomic mass is 32.2. The van der Waals surface area contributed by atoms with E-state index in [4.69, 9.17) is 4.18 Å². The fourth-order valence-corrected chi connectivity index (χ4v) is 4.16. The molecule has 0 aliphatic heterocycles. The van der Waals surface area contributed by atoms with Crippen molar-refractivity contribution in [1.82, 2.24) is 0 Å². The summed E-state index contributed by atoms with van der Waals surface area (Å²) >= 11 is 0. The van der Waals surface area contributed by atoms with Gasteiger partial charge in [0.1, 0.15) is 0 Å². The minimum Gasteiger partial charge on any atom is -0.262 e. The van der Waals surface area contributed by atoms with Crippen LogP contribution in [0.15, 0.2) is 71.6 Å². The molecule has 0 unspecified atom stereocenters. The number of hydrogen-bond acceptors (Lipinski definition) is 3. The molecule has 0 N–H and O–H groups in total. The summed E-state index contributed by atoms with van der Waals surface area (Å²) in [5.41, 5.74) is 6.75. The Kier molecular flexibility index (Phi) is 3.94. The molecule has 0 amide bonds. The molecule has 0 saturated heterocycles. The molecule has 4 heteroatoms. The van der Waals surface area contributed by atoms with E-state index in [1.807, 2.05) is 31.2 Å². The lowest BCUT2D eigenvalue weighted by atomic mass is 10.0. The number of hydrogen-bond donors (Lipinski definition) is 0. The molecular formula is C21H18O3S. The molecule has 0 aromatic heterocycles. The molecule has 3 nitrogen and oxygen atoms in total. The van der Waals surface area contributed by atoms with Crippen LogP contribution in [0.3, 0.4) is 0 Å². The summed E-state index contributed by atoms with van der Waals surface area (Å²) in [6.45, 7) is 1.97. The summed E-state index contributed by atoms with van der Waals surface area (Å²) in [6.07, 6.45) is 0.815. The molecule has 0 atom stereocenters. The third-order valence-electron chi connectivity index (χ3n) is 4.63. The standard InChI is InChI=1S/C21H18O3S/c1-15-9-11-18(12-10-15)25(22,23)24-14-17-6-4-8-20-19-7-3-2-5-16(19)13-21(17)20/h2-12H,13-14H2,1H3. The predicted molar refractivity (Wildman–Crippen MR) is 97.8 cm³/mol. The largest absolute Gasteiger partial charge is 0.297 e. The second-order valence-corrected chi connectivity index (χ2v) is 7.92. The SMILES string of the molecule is Cc1ccc(S(=O)(=O)OCc2cccc3c2Cc2ccccc2-3)cc1. The van der Waals surface area contributed by atoms with Crippen molar-refractivity contribution in [2.75, 3.05) is 0 Å². The van der Waals surface area contributed by atoms with Crippen LogP contribution in [0.5, 0.6) is 0 Å². The zero-order valence-corrected chi connectivity index (χ0v) is 14.7. The minimum absolute atomic E-state index is 0.0490. The van der Waals surface area contributed by atoms with Gasteiger partial charge in [0.15, 0.2) is 0 Å². The Bertz CT molecular complexity index is 1030. The van der Waals surface area contributed by atoms with Crippen molar-refractivity contribution >= 4 is 10.1 Å². The van der Waals surface area contributed by atoms with Gasteiger partial charge in [-0.25, -0.2) is 0 Å². The van der Waals surface area contributed by atoms with E-state index in [2.05, 4.69) is 18.2 Å².